The summed E-state index contributed by atoms with van der Waals surface area (Å²) in [6.45, 7) is 3.99. The van der Waals surface area contributed by atoms with E-state index in [-0.39, 0.29) is 0 Å². The molecule has 0 atom stereocenters. The third kappa shape index (κ3) is 2.99. The second-order valence-corrected chi connectivity index (χ2v) is 7.47. The van der Waals surface area contributed by atoms with Gasteiger partial charge < -0.3 is 9.47 Å². The number of hydrogen-bond donors (Lipinski definition) is 0. The third-order valence-electron chi connectivity index (χ3n) is 5.71. The molecule has 0 saturated carbocycles. The molecule has 31 heavy (non-hydrogen) atoms. The maximum absolute atomic E-state index is 13.1. The minimum Gasteiger partial charge on any atom is -0.493 e. The first-order valence-corrected chi connectivity index (χ1v) is 10.0. The number of ether oxygens (including phenoxy) is 2. The smallest absolute Gasteiger partial charge is 0.282 e. The first-order valence-electron chi connectivity index (χ1n) is 10.0. The molecule has 2 aliphatic rings. The monoisotopic (exact) mass is 412 g/mol. The van der Waals surface area contributed by atoms with Gasteiger partial charge in [0.15, 0.2) is 11.5 Å². The standard InChI is InChI=1S/C25H20N2O4/c1-3-12-31-20-11-4-15(13-21(20)30-2)14-26-27-24(28)18-9-7-16-5-6-17-8-10-19(25(27)29)23(18)22(16)17/h3-4,7-11,13-14H,1,5-6,12H2,2H3/b26-14-. The van der Waals surface area contributed by atoms with Crippen LogP contribution in [-0.2, 0) is 12.8 Å². The summed E-state index contributed by atoms with van der Waals surface area (Å²) < 4.78 is 10.9. The Morgan fingerprint density at radius 2 is 1.65 bits per heavy atom. The average Bonchev–Trinajstić information content (AvgIpc) is 3.22. The Bertz CT molecular complexity index is 1230. The van der Waals surface area contributed by atoms with Crippen LogP contribution < -0.4 is 9.47 Å². The number of carbonyl (C=O) groups excluding carboxylic acids is 2. The van der Waals surface area contributed by atoms with Gasteiger partial charge in [-0.2, -0.15) is 10.1 Å². The van der Waals surface area contributed by atoms with Gasteiger partial charge >= 0.3 is 0 Å². The lowest BCUT2D eigenvalue weighted by atomic mass is 9.92. The maximum atomic E-state index is 13.1. The molecule has 0 saturated heterocycles. The largest absolute Gasteiger partial charge is 0.493 e. The van der Waals surface area contributed by atoms with Crippen LogP contribution in [0.5, 0.6) is 11.5 Å². The number of benzene rings is 3. The normalized spacial score (nSPS) is 14.5. The van der Waals surface area contributed by atoms with Crippen LogP contribution in [-0.4, -0.2) is 36.8 Å². The van der Waals surface area contributed by atoms with Crippen molar-refractivity contribution in [2.45, 2.75) is 12.8 Å². The van der Waals surface area contributed by atoms with Crippen LogP contribution in [0, 0.1) is 0 Å². The summed E-state index contributed by atoms with van der Waals surface area (Å²) in [4.78, 5) is 26.2. The number of imide groups is 1. The van der Waals surface area contributed by atoms with Gasteiger partial charge in [0.1, 0.15) is 6.61 Å². The van der Waals surface area contributed by atoms with Gasteiger partial charge in [0, 0.05) is 5.39 Å². The van der Waals surface area contributed by atoms with Gasteiger partial charge in [-0.3, -0.25) is 9.59 Å². The van der Waals surface area contributed by atoms with Gasteiger partial charge in [-0.1, -0.05) is 24.8 Å². The van der Waals surface area contributed by atoms with Crippen molar-refractivity contribution < 1.29 is 19.1 Å². The molecule has 6 heteroatoms. The van der Waals surface area contributed by atoms with Crippen molar-refractivity contribution in [3.63, 3.8) is 0 Å². The lowest BCUT2D eigenvalue weighted by Gasteiger charge is -2.23. The second kappa shape index (κ2) is 7.40. The van der Waals surface area contributed by atoms with Crippen LogP contribution in [0.15, 0.2) is 60.2 Å². The molecule has 0 N–H and O–H groups in total. The van der Waals surface area contributed by atoms with Crippen molar-refractivity contribution in [3.8, 4) is 11.5 Å². The van der Waals surface area contributed by atoms with E-state index in [2.05, 4.69) is 11.7 Å². The van der Waals surface area contributed by atoms with Crippen LogP contribution >= 0.6 is 0 Å². The van der Waals surface area contributed by atoms with Gasteiger partial charge in [-0.05, 0) is 65.3 Å². The maximum Gasteiger partial charge on any atom is 0.282 e. The molecule has 2 amide bonds. The summed E-state index contributed by atoms with van der Waals surface area (Å²) in [6, 6.07) is 12.8. The molecule has 1 aliphatic heterocycles. The molecule has 0 aromatic heterocycles. The topological polar surface area (TPSA) is 68.2 Å². The summed E-state index contributed by atoms with van der Waals surface area (Å²) in [6.07, 6.45) is 4.99. The Labute approximate surface area is 179 Å². The van der Waals surface area contributed by atoms with E-state index in [1.807, 2.05) is 24.3 Å². The number of methoxy groups -OCH3 is 1. The van der Waals surface area contributed by atoms with Crippen LogP contribution in [0.4, 0.5) is 0 Å². The van der Waals surface area contributed by atoms with Gasteiger partial charge in [-0.15, -0.1) is 0 Å². The zero-order valence-corrected chi connectivity index (χ0v) is 17.1. The molecular formula is C25H20N2O4. The van der Waals surface area contributed by atoms with Gasteiger partial charge in [-0.25, -0.2) is 0 Å². The van der Waals surface area contributed by atoms with Gasteiger partial charge in [0.2, 0.25) is 0 Å². The molecule has 1 heterocycles. The van der Waals surface area contributed by atoms with E-state index in [4.69, 9.17) is 9.47 Å². The Morgan fingerprint density at radius 1 is 0.968 bits per heavy atom. The molecule has 0 radical (unpaired) electrons. The first kappa shape index (κ1) is 19.1. The highest BCUT2D eigenvalue weighted by Gasteiger charge is 2.35. The van der Waals surface area contributed by atoms with E-state index in [0.717, 1.165) is 28.6 Å². The molecule has 0 bridgehead atoms. The number of hydrazone groups is 1. The number of nitrogens with zero attached hydrogens (tertiary/aromatic N) is 2. The summed E-state index contributed by atoms with van der Waals surface area (Å²) in [5, 5.41) is 6.98. The Balaban J connectivity index is 1.50. The van der Waals surface area contributed by atoms with Crippen molar-refractivity contribution in [3.05, 3.63) is 82.9 Å². The van der Waals surface area contributed by atoms with E-state index in [9.17, 15) is 9.59 Å². The van der Waals surface area contributed by atoms with Crippen LogP contribution in [0.2, 0.25) is 0 Å². The van der Waals surface area contributed by atoms with E-state index in [1.165, 1.54) is 17.3 Å². The molecule has 6 nitrogen and oxygen atoms in total. The summed E-state index contributed by atoms with van der Waals surface area (Å²) in [5.74, 6) is 0.266. The molecular weight excluding hydrogens is 392 g/mol. The quantitative estimate of drug-likeness (QED) is 0.347. The predicted octanol–water partition coefficient (Wildman–Crippen LogP) is 4.14. The minimum atomic E-state index is -0.415. The van der Waals surface area contributed by atoms with Gasteiger partial charge in [0.25, 0.3) is 11.8 Å². The molecule has 3 aromatic rings. The van der Waals surface area contributed by atoms with Gasteiger partial charge in [0.05, 0.1) is 24.5 Å². The second-order valence-electron chi connectivity index (χ2n) is 7.47. The summed E-state index contributed by atoms with van der Waals surface area (Å²) in [5.41, 5.74) is 4.08. The summed E-state index contributed by atoms with van der Waals surface area (Å²) in [7, 11) is 1.54. The van der Waals surface area contributed by atoms with Crippen molar-refractivity contribution in [1.29, 1.82) is 0 Å². The number of aryl methyl sites for hydroxylation is 2. The predicted molar refractivity (Wildman–Crippen MR) is 118 cm³/mol. The van der Waals surface area contributed by atoms with E-state index in [1.54, 1.807) is 31.4 Å². The molecule has 154 valence electrons. The molecule has 0 fully saturated rings. The van der Waals surface area contributed by atoms with Crippen LogP contribution in [0.3, 0.4) is 0 Å². The van der Waals surface area contributed by atoms with Crippen molar-refractivity contribution in [2.24, 2.45) is 5.10 Å². The lowest BCUT2D eigenvalue weighted by molar-refractivity contribution is 0.0616. The fourth-order valence-electron chi connectivity index (χ4n) is 4.27. The summed E-state index contributed by atoms with van der Waals surface area (Å²) >= 11 is 0. The highest BCUT2D eigenvalue weighted by molar-refractivity contribution is 6.26. The Kier molecular flexibility index (Phi) is 4.55. The van der Waals surface area contributed by atoms with Crippen molar-refractivity contribution >= 4 is 28.8 Å². The Hall–Kier alpha value is -3.93. The molecule has 1 aliphatic carbocycles. The number of amides is 2. The number of rotatable bonds is 6. The first-order chi connectivity index (χ1) is 15.1. The van der Waals surface area contributed by atoms with E-state index in [0.29, 0.717) is 34.8 Å². The molecule has 0 unspecified atom stereocenters. The fraction of sp³-hybridized carbons (Fsp3) is 0.160. The minimum absolute atomic E-state index is 0.356. The van der Waals surface area contributed by atoms with E-state index >= 15 is 0 Å². The zero-order chi connectivity index (χ0) is 21.5. The lowest BCUT2D eigenvalue weighted by Crippen LogP contribution is -2.36. The molecule has 0 spiro atoms. The van der Waals surface area contributed by atoms with Crippen LogP contribution in [0.25, 0.3) is 10.8 Å². The third-order valence-corrected chi connectivity index (χ3v) is 5.71. The zero-order valence-electron chi connectivity index (χ0n) is 17.1. The number of carbonyl (C=O) groups is 2. The van der Waals surface area contributed by atoms with Crippen molar-refractivity contribution in [2.75, 3.05) is 13.7 Å². The highest BCUT2D eigenvalue weighted by atomic mass is 16.5. The SMILES string of the molecule is C=CCOc1ccc(/C=N\N2C(=O)c3ccc4c5c(ccc(c35)C2=O)CC4)cc1OC. The average molecular weight is 412 g/mol. The van der Waals surface area contributed by atoms with E-state index < -0.39 is 11.8 Å². The highest BCUT2D eigenvalue weighted by Crippen LogP contribution is 2.38. The van der Waals surface area contributed by atoms with Crippen molar-refractivity contribution in [1.82, 2.24) is 5.01 Å². The molecule has 5 rings (SSSR count). The van der Waals surface area contributed by atoms with Crippen LogP contribution in [0.1, 0.15) is 37.4 Å². The fourth-order valence-corrected chi connectivity index (χ4v) is 4.27. The number of hydrogen-bond acceptors (Lipinski definition) is 5. The Morgan fingerprint density at radius 3 is 2.26 bits per heavy atom. The molecule has 3 aromatic carbocycles.